The number of nitrogens with one attached hydrogen (secondary N) is 1. The number of H-pyrrole nitrogens is 1. The minimum Gasteiger partial charge on any atom is -0.497 e. The number of ketones is 1. The molecule has 0 radical (unpaired) electrons. The highest BCUT2D eigenvalue weighted by Crippen LogP contribution is 2.26. The number of methoxy groups -OCH3 is 2. The molecule has 1 aromatic carbocycles. The van der Waals surface area contributed by atoms with Crippen LogP contribution in [0.2, 0.25) is 0 Å². The molecular weight excluding hydrogens is 360 g/mol. The van der Waals surface area contributed by atoms with Gasteiger partial charge in [0.1, 0.15) is 5.75 Å². The van der Waals surface area contributed by atoms with Crippen molar-refractivity contribution in [3.63, 3.8) is 0 Å². The number of nitrogens with zero attached hydrogens (tertiary/aromatic N) is 1. The molecule has 0 aliphatic heterocycles. The molecular formula is C17H20N2O4S2. The lowest BCUT2D eigenvalue weighted by atomic mass is 10.1. The van der Waals surface area contributed by atoms with Crippen molar-refractivity contribution in [1.29, 1.82) is 0 Å². The van der Waals surface area contributed by atoms with Crippen LogP contribution in [0.3, 0.4) is 0 Å². The number of aromatic nitrogens is 2. The lowest BCUT2D eigenvalue weighted by molar-refractivity contribution is 0.0595. The fourth-order valence-electron chi connectivity index (χ4n) is 2.11. The van der Waals surface area contributed by atoms with Gasteiger partial charge in [0.25, 0.3) is 0 Å². The molecule has 0 atom stereocenters. The van der Waals surface area contributed by atoms with Gasteiger partial charge in [-0.3, -0.25) is 4.79 Å². The molecule has 3 rings (SSSR count). The molecule has 8 heteroatoms. The van der Waals surface area contributed by atoms with Crippen LogP contribution in [0.4, 0.5) is 0 Å². The van der Waals surface area contributed by atoms with Crippen molar-refractivity contribution >= 4 is 46.6 Å². The number of thiol groups is 1. The second-order valence-electron chi connectivity index (χ2n) is 4.47. The fourth-order valence-corrected chi connectivity index (χ4v) is 2.85. The minimum atomic E-state index is -0.557. The average molecular weight is 380 g/mol. The van der Waals surface area contributed by atoms with Gasteiger partial charge >= 0.3 is 5.97 Å². The standard InChI is InChI=1S/C15H12N2O4S.CH4S.CH4/c1-20-8-3-4-9-10(6-16-11(9)5-8)13(18)14-17-12(7-22-14)15(19)21-2;1-2;/h3-7,16H,1-2H3;2H,1H3;1H4. The SMILES string of the molecule is C.COC(=O)c1csc(C(=O)c2c[nH]c3cc(OC)ccc23)n1.CS. The molecule has 0 unspecified atom stereocenters. The number of carbonyl (C=O) groups is 2. The Balaban J connectivity index is 0.00000101. The summed E-state index contributed by atoms with van der Waals surface area (Å²) in [6.07, 6.45) is 3.33. The van der Waals surface area contributed by atoms with Crippen LogP contribution in [-0.4, -0.2) is 42.2 Å². The van der Waals surface area contributed by atoms with Gasteiger partial charge in [-0.1, -0.05) is 7.43 Å². The second-order valence-corrected chi connectivity index (χ2v) is 5.33. The monoisotopic (exact) mass is 380 g/mol. The second kappa shape index (κ2) is 9.24. The van der Waals surface area contributed by atoms with E-state index < -0.39 is 5.97 Å². The van der Waals surface area contributed by atoms with E-state index in [2.05, 4.69) is 27.3 Å². The van der Waals surface area contributed by atoms with Crippen molar-refractivity contribution < 1.29 is 19.1 Å². The number of hydrogen-bond donors (Lipinski definition) is 2. The predicted molar refractivity (Wildman–Crippen MR) is 103 cm³/mol. The van der Waals surface area contributed by atoms with Crippen LogP contribution < -0.4 is 4.74 Å². The first-order valence-electron chi connectivity index (χ1n) is 6.82. The van der Waals surface area contributed by atoms with Crippen molar-refractivity contribution in [2.45, 2.75) is 7.43 Å². The van der Waals surface area contributed by atoms with Gasteiger partial charge in [0, 0.05) is 28.5 Å². The lowest BCUT2D eigenvalue weighted by Gasteiger charge is -1.99. The Morgan fingerprint density at radius 3 is 2.60 bits per heavy atom. The summed E-state index contributed by atoms with van der Waals surface area (Å²) < 4.78 is 9.74. The number of carbonyl (C=O) groups excluding carboxylic acids is 2. The number of fused-ring (bicyclic) bond motifs is 1. The summed E-state index contributed by atoms with van der Waals surface area (Å²) in [7, 11) is 2.86. The fraction of sp³-hybridized carbons (Fsp3) is 0.235. The van der Waals surface area contributed by atoms with E-state index in [9.17, 15) is 9.59 Å². The van der Waals surface area contributed by atoms with Gasteiger partial charge in [-0.2, -0.15) is 12.6 Å². The third kappa shape index (κ3) is 4.21. The summed E-state index contributed by atoms with van der Waals surface area (Å²) >= 11 is 4.64. The number of esters is 1. The van der Waals surface area contributed by atoms with Crippen molar-refractivity contribution in [3.05, 3.63) is 46.0 Å². The molecule has 25 heavy (non-hydrogen) atoms. The van der Waals surface area contributed by atoms with Gasteiger partial charge < -0.3 is 14.5 Å². The zero-order valence-electron chi connectivity index (χ0n) is 13.3. The Morgan fingerprint density at radius 1 is 1.24 bits per heavy atom. The third-order valence-corrected chi connectivity index (χ3v) is 4.07. The number of ether oxygens (including phenoxy) is 2. The molecule has 0 spiro atoms. The zero-order chi connectivity index (χ0) is 17.7. The van der Waals surface area contributed by atoms with Crippen molar-refractivity contribution in [2.75, 3.05) is 20.5 Å². The molecule has 1 N–H and O–H groups in total. The Labute approximate surface area is 155 Å². The number of aromatic amines is 1. The van der Waals surface area contributed by atoms with Crippen molar-refractivity contribution in [1.82, 2.24) is 9.97 Å². The average Bonchev–Trinajstić information content (AvgIpc) is 3.28. The van der Waals surface area contributed by atoms with E-state index in [-0.39, 0.29) is 23.9 Å². The molecule has 0 aliphatic rings. The first-order valence-corrected chi connectivity index (χ1v) is 8.60. The molecule has 3 aromatic rings. The Bertz CT molecular complexity index is 871. The number of hydrogen-bond acceptors (Lipinski definition) is 7. The zero-order valence-corrected chi connectivity index (χ0v) is 15.0. The maximum absolute atomic E-state index is 12.5. The Kier molecular flexibility index (Phi) is 7.66. The van der Waals surface area contributed by atoms with Crippen molar-refractivity contribution in [2.24, 2.45) is 0 Å². The predicted octanol–water partition coefficient (Wildman–Crippen LogP) is 3.83. The van der Waals surface area contributed by atoms with E-state index in [1.165, 1.54) is 12.5 Å². The summed E-state index contributed by atoms with van der Waals surface area (Å²) in [6.45, 7) is 0. The Hall–Kier alpha value is -2.32. The molecule has 0 fully saturated rings. The highest BCUT2D eigenvalue weighted by atomic mass is 32.1. The maximum atomic E-state index is 12.5. The van der Waals surface area contributed by atoms with Crippen molar-refractivity contribution in [3.8, 4) is 5.75 Å². The smallest absolute Gasteiger partial charge is 0.357 e. The topological polar surface area (TPSA) is 81.3 Å². The minimum absolute atomic E-state index is 0. The van der Waals surface area contributed by atoms with Gasteiger partial charge in [-0.15, -0.1) is 11.3 Å². The van der Waals surface area contributed by atoms with Crippen LogP contribution in [0.1, 0.15) is 33.3 Å². The molecule has 0 bridgehead atoms. The van der Waals surface area contributed by atoms with E-state index >= 15 is 0 Å². The van der Waals surface area contributed by atoms with Gasteiger partial charge in [-0.05, 0) is 18.4 Å². The molecule has 0 amide bonds. The Morgan fingerprint density at radius 2 is 1.96 bits per heavy atom. The van der Waals surface area contributed by atoms with E-state index in [1.54, 1.807) is 25.6 Å². The molecule has 0 saturated carbocycles. The van der Waals surface area contributed by atoms with Crippen LogP contribution in [-0.2, 0) is 4.74 Å². The number of thiazole rings is 1. The van der Waals surface area contributed by atoms with Crippen LogP contribution in [0, 0.1) is 0 Å². The van der Waals surface area contributed by atoms with E-state index in [1.807, 2.05) is 12.1 Å². The summed E-state index contributed by atoms with van der Waals surface area (Å²) in [5.74, 6) is -0.0916. The van der Waals surface area contributed by atoms with E-state index in [0.29, 0.717) is 11.3 Å². The molecule has 134 valence electrons. The summed E-state index contributed by atoms with van der Waals surface area (Å²) in [4.78, 5) is 31.0. The molecule has 0 saturated heterocycles. The largest absolute Gasteiger partial charge is 0.497 e. The molecule has 2 heterocycles. The summed E-state index contributed by atoms with van der Waals surface area (Å²) in [5.41, 5.74) is 1.44. The molecule has 2 aromatic heterocycles. The van der Waals surface area contributed by atoms with Crippen LogP contribution in [0.25, 0.3) is 10.9 Å². The van der Waals surface area contributed by atoms with Gasteiger partial charge in [-0.25, -0.2) is 9.78 Å². The highest BCUT2D eigenvalue weighted by Gasteiger charge is 2.20. The summed E-state index contributed by atoms with van der Waals surface area (Å²) in [6, 6.07) is 5.41. The number of rotatable bonds is 4. The van der Waals surface area contributed by atoms with Gasteiger partial charge in [0.05, 0.1) is 19.8 Å². The highest BCUT2D eigenvalue weighted by molar-refractivity contribution is 7.79. The maximum Gasteiger partial charge on any atom is 0.357 e. The molecule has 0 aliphatic carbocycles. The third-order valence-electron chi connectivity index (χ3n) is 3.23. The van der Waals surface area contributed by atoms with Gasteiger partial charge in [0.2, 0.25) is 5.78 Å². The van der Waals surface area contributed by atoms with E-state index in [4.69, 9.17) is 4.74 Å². The molecule has 6 nitrogen and oxygen atoms in total. The summed E-state index contributed by atoms with van der Waals surface area (Å²) in [5, 5.41) is 2.54. The first-order chi connectivity index (χ1) is 11.6. The first kappa shape index (κ1) is 20.7. The van der Waals surface area contributed by atoms with Crippen LogP contribution >= 0.6 is 24.0 Å². The lowest BCUT2D eigenvalue weighted by Crippen LogP contribution is -2.04. The normalized spacial score (nSPS) is 9.60. The number of benzene rings is 1. The van der Waals surface area contributed by atoms with E-state index in [0.717, 1.165) is 22.2 Å². The quantitative estimate of drug-likeness (QED) is 0.408. The van der Waals surface area contributed by atoms with Crippen LogP contribution in [0.15, 0.2) is 29.8 Å². The van der Waals surface area contributed by atoms with Gasteiger partial charge in [0.15, 0.2) is 10.7 Å². The van der Waals surface area contributed by atoms with Crippen LogP contribution in [0.5, 0.6) is 5.75 Å².